The Kier molecular flexibility index (Phi) is 3.57. The van der Waals surface area contributed by atoms with Crippen LogP contribution in [0.15, 0.2) is 32.3 Å². The van der Waals surface area contributed by atoms with E-state index in [1.54, 1.807) is 25.1 Å². The van der Waals surface area contributed by atoms with Crippen LogP contribution in [0.2, 0.25) is 0 Å². The Morgan fingerprint density at radius 3 is 2.58 bits per heavy atom. The van der Waals surface area contributed by atoms with Gasteiger partial charge >= 0.3 is 17.2 Å². The van der Waals surface area contributed by atoms with Crippen LogP contribution in [0, 0.1) is 0 Å². The van der Waals surface area contributed by atoms with E-state index in [9.17, 15) is 14.4 Å². The fourth-order valence-electron chi connectivity index (χ4n) is 1.78. The fraction of sp³-hybridized carbons (Fsp3) is 0.250. The summed E-state index contributed by atoms with van der Waals surface area (Å²) < 4.78 is 7.51. The number of benzene rings is 1. The zero-order valence-electron chi connectivity index (χ0n) is 10.3. The van der Waals surface area contributed by atoms with Crippen LogP contribution in [0.25, 0.3) is 11.0 Å². The van der Waals surface area contributed by atoms with Crippen LogP contribution in [0.5, 0.6) is 0 Å². The highest BCUT2D eigenvalue weighted by Gasteiger charge is 2.17. The van der Waals surface area contributed by atoms with E-state index < -0.39 is 17.2 Å². The van der Waals surface area contributed by atoms with Crippen LogP contribution in [-0.4, -0.2) is 21.8 Å². The van der Waals surface area contributed by atoms with Gasteiger partial charge in [-0.15, -0.1) is 0 Å². The van der Waals surface area contributed by atoms with Crippen molar-refractivity contribution in [1.82, 2.24) is 9.13 Å². The van der Waals surface area contributed by atoms with Gasteiger partial charge in [-0.1, -0.05) is 15.9 Å². The molecule has 0 unspecified atom stereocenters. The predicted molar refractivity (Wildman–Crippen MR) is 73.6 cm³/mol. The third-order valence-corrected chi connectivity index (χ3v) is 3.17. The molecule has 100 valence electrons. The summed E-state index contributed by atoms with van der Waals surface area (Å²) in [7, 11) is 1.48. The summed E-state index contributed by atoms with van der Waals surface area (Å²) in [6.07, 6.45) is -0.850. The first-order valence-electron chi connectivity index (χ1n) is 5.55. The SMILES string of the molecule is CCOC(=O)n1c(=O)c(=O)n(C)c2cc(Br)ccc21. The summed E-state index contributed by atoms with van der Waals surface area (Å²) in [5.41, 5.74) is -0.907. The van der Waals surface area contributed by atoms with Crippen LogP contribution in [0.4, 0.5) is 4.79 Å². The second-order valence-electron chi connectivity index (χ2n) is 3.84. The molecule has 0 amide bonds. The minimum atomic E-state index is -0.921. The van der Waals surface area contributed by atoms with Crippen molar-refractivity contribution in [2.24, 2.45) is 7.05 Å². The molecule has 2 aromatic rings. The van der Waals surface area contributed by atoms with Gasteiger partial charge in [0.1, 0.15) is 0 Å². The molecule has 1 heterocycles. The second kappa shape index (κ2) is 5.00. The number of fused-ring (bicyclic) bond motifs is 1. The summed E-state index contributed by atoms with van der Waals surface area (Å²) in [5, 5.41) is 0. The number of aromatic nitrogens is 2. The number of carbonyl (C=O) groups excluding carboxylic acids is 1. The zero-order chi connectivity index (χ0) is 14.2. The molecule has 1 aromatic heterocycles. The van der Waals surface area contributed by atoms with Gasteiger partial charge in [-0.05, 0) is 25.1 Å². The van der Waals surface area contributed by atoms with Gasteiger partial charge in [0.25, 0.3) is 0 Å². The summed E-state index contributed by atoms with van der Waals surface area (Å²) in [6, 6.07) is 4.92. The highest BCUT2D eigenvalue weighted by Crippen LogP contribution is 2.17. The van der Waals surface area contributed by atoms with Crippen LogP contribution in [0.3, 0.4) is 0 Å². The Morgan fingerprint density at radius 2 is 1.95 bits per heavy atom. The molecule has 0 fully saturated rings. The summed E-state index contributed by atoms with van der Waals surface area (Å²) in [6.45, 7) is 1.75. The first-order valence-corrected chi connectivity index (χ1v) is 6.35. The van der Waals surface area contributed by atoms with Crippen molar-refractivity contribution in [3.8, 4) is 0 Å². The molecular formula is C12H11BrN2O4. The van der Waals surface area contributed by atoms with Gasteiger partial charge < -0.3 is 9.30 Å². The van der Waals surface area contributed by atoms with Crippen molar-refractivity contribution in [3.63, 3.8) is 0 Å². The number of aryl methyl sites for hydroxylation is 1. The highest BCUT2D eigenvalue weighted by molar-refractivity contribution is 9.10. The van der Waals surface area contributed by atoms with Crippen LogP contribution >= 0.6 is 15.9 Å². The Morgan fingerprint density at radius 1 is 1.26 bits per heavy atom. The molecule has 6 nitrogen and oxygen atoms in total. The minimum Gasteiger partial charge on any atom is -0.449 e. The van der Waals surface area contributed by atoms with E-state index in [-0.39, 0.29) is 6.61 Å². The molecule has 19 heavy (non-hydrogen) atoms. The Bertz CT molecular complexity index is 776. The molecule has 0 N–H and O–H groups in total. The lowest BCUT2D eigenvalue weighted by molar-refractivity contribution is 0.154. The molecular weight excluding hydrogens is 316 g/mol. The average Bonchev–Trinajstić information content (AvgIpc) is 2.37. The number of nitrogens with zero attached hydrogens (tertiary/aromatic N) is 2. The Labute approximate surface area is 116 Å². The maximum absolute atomic E-state index is 11.9. The average molecular weight is 327 g/mol. The quantitative estimate of drug-likeness (QED) is 0.744. The largest absolute Gasteiger partial charge is 0.449 e. The molecule has 7 heteroatoms. The van der Waals surface area contributed by atoms with Crippen molar-refractivity contribution in [1.29, 1.82) is 0 Å². The molecule has 1 aromatic carbocycles. The fourth-order valence-corrected chi connectivity index (χ4v) is 2.13. The molecule has 0 atom stereocenters. The molecule has 0 bridgehead atoms. The third-order valence-electron chi connectivity index (χ3n) is 2.68. The van der Waals surface area contributed by atoms with E-state index in [2.05, 4.69) is 15.9 Å². The van der Waals surface area contributed by atoms with Gasteiger partial charge in [0, 0.05) is 11.5 Å². The summed E-state index contributed by atoms with van der Waals surface area (Å²) >= 11 is 3.28. The summed E-state index contributed by atoms with van der Waals surface area (Å²) in [5.74, 6) is 0. The standard InChI is InChI=1S/C12H11BrN2O4/c1-3-19-12(18)15-8-5-4-7(13)6-9(8)14(2)10(16)11(15)17/h4-6H,3H2,1-2H3. The lowest BCUT2D eigenvalue weighted by atomic mass is 10.3. The van der Waals surface area contributed by atoms with Crippen LogP contribution in [0.1, 0.15) is 6.92 Å². The number of ether oxygens (including phenoxy) is 1. The van der Waals surface area contributed by atoms with Crippen LogP contribution in [-0.2, 0) is 11.8 Å². The number of hydrogen-bond acceptors (Lipinski definition) is 4. The molecule has 0 radical (unpaired) electrons. The van der Waals surface area contributed by atoms with Gasteiger partial charge in [-0.25, -0.2) is 9.36 Å². The van der Waals surface area contributed by atoms with E-state index in [1.807, 2.05) is 0 Å². The van der Waals surface area contributed by atoms with Crippen molar-refractivity contribution in [3.05, 3.63) is 43.4 Å². The number of halogens is 1. The zero-order valence-corrected chi connectivity index (χ0v) is 11.9. The number of carbonyl (C=O) groups is 1. The third kappa shape index (κ3) is 2.21. The van der Waals surface area contributed by atoms with E-state index in [1.165, 1.54) is 11.6 Å². The molecule has 0 spiro atoms. The van der Waals surface area contributed by atoms with Gasteiger partial charge in [0.15, 0.2) is 0 Å². The van der Waals surface area contributed by atoms with Gasteiger partial charge in [-0.2, -0.15) is 0 Å². The molecule has 0 aliphatic rings. The summed E-state index contributed by atoms with van der Waals surface area (Å²) in [4.78, 5) is 35.6. The first kappa shape index (κ1) is 13.5. The van der Waals surface area contributed by atoms with Gasteiger partial charge in [0.05, 0.1) is 17.6 Å². The topological polar surface area (TPSA) is 70.3 Å². The maximum Gasteiger partial charge on any atom is 0.421 e. The lowest BCUT2D eigenvalue weighted by Gasteiger charge is -2.11. The van der Waals surface area contributed by atoms with E-state index in [0.29, 0.717) is 11.0 Å². The van der Waals surface area contributed by atoms with Crippen molar-refractivity contribution < 1.29 is 9.53 Å². The predicted octanol–water partition coefficient (Wildman–Crippen LogP) is 1.47. The maximum atomic E-state index is 11.9. The highest BCUT2D eigenvalue weighted by atomic mass is 79.9. The Balaban J connectivity index is 2.94. The van der Waals surface area contributed by atoms with Crippen molar-refractivity contribution in [2.75, 3.05) is 6.61 Å². The Hall–Kier alpha value is -1.89. The second-order valence-corrected chi connectivity index (χ2v) is 4.75. The number of hydrogen-bond donors (Lipinski definition) is 0. The van der Waals surface area contributed by atoms with Gasteiger partial charge in [-0.3, -0.25) is 9.59 Å². The van der Waals surface area contributed by atoms with Crippen LogP contribution < -0.4 is 11.1 Å². The molecule has 0 saturated heterocycles. The number of rotatable bonds is 1. The monoisotopic (exact) mass is 326 g/mol. The molecule has 0 saturated carbocycles. The van der Waals surface area contributed by atoms with Gasteiger partial charge in [0.2, 0.25) is 0 Å². The molecule has 0 aliphatic carbocycles. The normalized spacial score (nSPS) is 10.7. The van der Waals surface area contributed by atoms with E-state index in [4.69, 9.17) is 4.74 Å². The smallest absolute Gasteiger partial charge is 0.421 e. The molecule has 2 rings (SSSR count). The van der Waals surface area contributed by atoms with Crippen molar-refractivity contribution in [2.45, 2.75) is 6.92 Å². The van der Waals surface area contributed by atoms with E-state index >= 15 is 0 Å². The van der Waals surface area contributed by atoms with E-state index in [0.717, 1.165) is 9.04 Å². The minimum absolute atomic E-state index is 0.124. The first-order chi connectivity index (χ1) is 8.97. The molecule has 0 aliphatic heterocycles. The lowest BCUT2D eigenvalue weighted by Crippen LogP contribution is -2.43. The van der Waals surface area contributed by atoms with Crippen molar-refractivity contribution >= 4 is 33.1 Å².